The van der Waals surface area contributed by atoms with Crippen molar-refractivity contribution >= 4 is 17.9 Å². The molecule has 0 spiro atoms. The second-order valence-electron chi connectivity index (χ2n) is 6.05. The summed E-state index contributed by atoms with van der Waals surface area (Å²) >= 11 is 0. The van der Waals surface area contributed by atoms with Crippen molar-refractivity contribution in [2.75, 3.05) is 4.90 Å². The molecule has 0 N–H and O–H groups in total. The van der Waals surface area contributed by atoms with Gasteiger partial charge >= 0.3 is 6.09 Å². The van der Waals surface area contributed by atoms with Gasteiger partial charge in [-0.15, -0.1) is 0 Å². The molecule has 0 saturated carbocycles. The highest BCUT2D eigenvalue weighted by molar-refractivity contribution is 5.95. The molecule has 3 heteroatoms. The van der Waals surface area contributed by atoms with Gasteiger partial charge in [0.25, 0.3) is 0 Å². The molecule has 1 heterocycles. The van der Waals surface area contributed by atoms with E-state index in [1.165, 1.54) is 0 Å². The molecule has 0 fully saturated rings. The van der Waals surface area contributed by atoms with Gasteiger partial charge in [0.1, 0.15) is 11.8 Å². The molecule has 1 aliphatic heterocycles. The first kappa shape index (κ1) is 16.7. The summed E-state index contributed by atoms with van der Waals surface area (Å²) < 4.78 is 5.58. The van der Waals surface area contributed by atoms with Crippen LogP contribution in [0.4, 0.5) is 10.5 Å². The van der Waals surface area contributed by atoms with Crippen LogP contribution in [0.25, 0.3) is 6.08 Å². The third kappa shape index (κ3) is 3.75. The molecule has 3 aromatic carbocycles. The molecular formula is C24H17NO2. The van der Waals surface area contributed by atoms with Crippen LogP contribution in [0.1, 0.15) is 11.1 Å². The minimum atomic E-state index is -0.453. The summed E-state index contributed by atoms with van der Waals surface area (Å²) in [5, 5.41) is 0. The van der Waals surface area contributed by atoms with Crippen LogP contribution in [-0.2, 0) is 0 Å². The van der Waals surface area contributed by atoms with Crippen molar-refractivity contribution in [1.29, 1.82) is 0 Å². The molecule has 3 aromatic rings. The number of nitrogens with zero attached hydrogens (tertiary/aromatic N) is 1. The van der Waals surface area contributed by atoms with Crippen molar-refractivity contribution in [3.05, 3.63) is 102 Å². The van der Waals surface area contributed by atoms with Gasteiger partial charge in [0, 0.05) is 5.56 Å². The number of benzene rings is 3. The highest BCUT2D eigenvalue weighted by Crippen LogP contribution is 2.29. The summed E-state index contributed by atoms with van der Waals surface area (Å²) in [6.07, 6.45) is 3.46. The number of para-hydroxylation sites is 2. The first-order valence-electron chi connectivity index (χ1n) is 8.71. The van der Waals surface area contributed by atoms with E-state index in [1.807, 2.05) is 84.9 Å². The Morgan fingerprint density at radius 1 is 0.852 bits per heavy atom. The molecule has 3 nitrogen and oxygen atoms in total. The first-order chi connectivity index (χ1) is 13.3. The zero-order chi connectivity index (χ0) is 18.5. The van der Waals surface area contributed by atoms with Crippen LogP contribution < -0.4 is 9.64 Å². The molecule has 0 saturated heterocycles. The Balaban J connectivity index is 1.68. The summed E-state index contributed by atoms with van der Waals surface area (Å²) in [6.45, 7) is 0. The zero-order valence-electron chi connectivity index (χ0n) is 14.6. The summed E-state index contributed by atoms with van der Waals surface area (Å²) in [7, 11) is 0. The van der Waals surface area contributed by atoms with E-state index in [-0.39, 0.29) is 0 Å². The largest absolute Gasteiger partial charge is 0.421 e. The van der Waals surface area contributed by atoms with Gasteiger partial charge in [-0.3, -0.25) is 4.90 Å². The molecule has 27 heavy (non-hydrogen) atoms. The van der Waals surface area contributed by atoms with Gasteiger partial charge in [0.15, 0.2) is 0 Å². The molecule has 4 rings (SSSR count). The average Bonchev–Trinajstić information content (AvgIpc) is 2.73. The Morgan fingerprint density at radius 3 is 2.30 bits per heavy atom. The maximum Gasteiger partial charge on any atom is 0.421 e. The van der Waals surface area contributed by atoms with E-state index in [4.69, 9.17) is 4.74 Å². The molecule has 0 bridgehead atoms. The number of carbonyl (C=O) groups is 1. The third-order valence-electron chi connectivity index (χ3n) is 4.22. The van der Waals surface area contributed by atoms with Crippen molar-refractivity contribution < 1.29 is 9.53 Å². The smallest absolute Gasteiger partial charge is 0.410 e. The summed E-state index contributed by atoms with van der Waals surface area (Å²) in [5.74, 6) is 6.83. The summed E-state index contributed by atoms with van der Waals surface area (Å²) in [6, 6.07) is 26.1. The van der Waals surface area contributed by atoms with E-state index in [0.717, 1.165) is 16.8 Å². The molecular weight excluding hydrogens is 334 g/mol. The van der Waals surface area contributed by atoms with Crippen LogP contribution in [0.3, 0.4) is 0 Å². The third-order valence-corrected chi connectivity index (χ3v) is 4.22. The van der Waals surface area contributed by atoms with E-state index in [1.54, 1.807) is 17.0 Å². The van der Waals surface area contributed by atoms with E-state index in [9.17, 15) is 4.79 Å². The molecule has 0 aromatic heterocycles. The Labute approximate surface area is 158 Å². The van der Waals surface area contributed by atoms with Crippen molar-refractivity contribution in [3.63, 3.8) is 0 Å². The number of amides is 1. The topological polar surface area (TPSA) is 29.5 Å². The lowest BCUT2D eigenvalue weighted by Crippen LogP contribution is -2.42. The fourth-order valence-corrected chi connectivity index (χ4v) is 2.92. The van der Waals surface area contributed by atoms with Crippen LogP contribution in [0.2, 0.25) is 0 Å². The molecule has 1 aliphatic rings. The lowest BCUT2D eigenvalue weighted by Gasteiger charge is -2.30. The lowest BCUT2D eigenvalue weighted by molar-refractivity contribution is 0.207. The normalized spacial score (nSPS) is 14.7. The number of fused-ring (bicyclic) bond motifs is 1. The van der Waals surface area contributed by atoms with E-state index in [0.29, 0.717) is 5.75 Å². The minimum Gasteiger partial charge on any atom is -0.410 e. The Bertz CT molecular complexity index is 1030. The molecule has 0 aliphatic carbocycles. The fourth-order valence-electron chi connectivity index (χ4n) is 2.92. The standard InChI is InChI=1S/C24H17NO2/c26-24(27-22-12-5-2-6-13-22)25-21(17-15-19-9-3-1-4-10-19)18-16-20-11-7-8-14-23(20)25/h1-14,16,18,21H. The van der Waals surface area contributed by atoms with E-state index >= 15 is 0 Å². The number of hydrogen-bond donors (Lipinski definition) is 0. The van der Waals surface area contributed by atoms with Gasteiger partial charge in [-0.1, -0.05) is 72.5 Å². The van der Waals surface area contributed by atoms with E-state index in [2.05, 4.69) is 11.8 Å². The Hall–Kier alpha value is -3.77. The Kier molecular flexibility index (Phi) is 4.72. The van der Waals surface area contributed by atoms with Crippen LogP contribution in [-0.4, -0.2) is 12.1 Å². The number of hydrogen-bond acceptors (Lipinski definition) is 2. The predicted octanol–water partition coefficient (Wildman–Crippen LogP) is 5.14. The fraction of sp³-hybridized carbons (Fsp3) is 0.0417. The molecule has 130 valence electrons. The number of rotatable bonds is 1. The maximum atomic E-state index is 13.0. The van der Waals surface area contributed by atoms with E-state index < -0.39 is 12.1 Å². The number of ether oxygens (including phenoxy) is 1. The van der Waals surface area contributed by atoms with Crippen LogP contribution >= 0.6 is 0 Å². The van der Waals surface area contributed by atoms with Crippen molar-refractivity contribution in [2.45, 2.75) is 6.04 Å². The van der Waals surface area contributed by atoms with Crippen LogP contribution in [0.15, 0.2) is 91.0 Å². The highest BCUT2D eigenvalue weighted by Gasteiger charge is 2.28. The number of carbonyl (C=O) groups excluding carboxylic acids is 1. The molecule has 1 atom stereocenters. The summed E-state index contributed by atoms with van der Waals surface area (Å²) in [4.78, 5) is 14.5. The van der Waals surface area contributed by atoms with Gasteiger partial charge in [-0.05, 0) is 42.0 Å². The minimum absolute atomic E-state index is 0.406. The summed E-state index contributed by atoms with van der Waals surface area (Å²) in [5.41, 5.74) is 2.65. The molecule has 0 radical (unpaired) electrons. The first-order valence-corrected chi connectivity index (χ1v) is 8.71. The van der Waals surface area contributed by atoms with Crippen LogP contribution in [0.5, 0.6) is 5.75 Å². The number of anilines is 1. The zero-order valence-corrected chi connectivity index (χ0v) is 14.6. The van der Waals surface area contributed by atoms with Crippen molar-refractivity contribution in [2.24, 2.45) is 0 Å². The van der Waals surface area contributed by atoms with Gasteiger partial charge in [0.2, 0.25) is 0 Å². The monoisotopic (exact) mass is 351 g/mol. The quantitative estimate of drug-likeness (QED) is 0.568. The predicted molar refractivity (Wildman–Crippen MR) is 108 cm³/mol. The lowest BCUT2D eigenvalue weighted by atomic mass is 10.0. The molecule has 1 amide bonds. The second-order valence-corrected chi connectivity index (χ2v) is 6.05. The van der Waals surface area contributed by atoms with Crippen molar-refractivity contribution in [3.8, 4) is 17.6 Å². The highest BCUT2D eigenvalue weighted by atomic mass is 16.6. The van der Waals surface area contributed by atoms with Gasteiger partial charge in [-0.2, -0.15) is 0 Å². The second kappa shape index (κ2) is 7.63. The van der Waals surface area contributed by atoms with Gasteiger partial charge in [0.05, 0.1) is 5.69 Å². The Morgan fingerprint density at radius 2 is 1.52 bits per heavy atom. The SMILES string of the molecule is O=C(Oc1ccccc1)N1c2ccccc2C=CC1C#Cc1ccccc1. The average molecular weight is 351 g/mol. The van der Waals surface area contributed by atoms with Crippen molar-refractivity contribution in [1.82, 2.24) is 0 Å². The van der Waals surface area contributed by atoms with Gasteiger partial charge < -0.3 is 4.74 Å². The van der Waals surface area contributed by atoms with Crippen LogP contribution in [0, 0.1) is 11.8 Å². The molecule has 1 unspecified atom stereocenters. The maximum absolute atomic E-state index is 13.0. The van der Waals surface area contributed by atoms with Gasteiger partial charge in [-0.25, -0.2) is 4.79 Å².